The summed E-state index contributed by atoms with van der Waals surface area (Å²) >= 11 is 0. The van der Waals surface area contributed by atoms with Crippen LogP contribution in [-0.2, 0) is 0 Å². The van der Waals surface area contributed by atoms with Gasteiger partial charge in [0.2, 0.25) is 0 Å². The van der Waals surface area contributed by atoms with Crippen molar-refractivity contribution in [2.45, 2.75) is 13.3 Å². The van der Waals surface area contributed by atoms with Crippen molar-refractivity contribution in [3.63, 3.8) is 0 Å². The van der Waals surface area contributed by atoms with Gasteiger partial charge in [-0.05, 0) is 19.4 Å². The fourth-order valence-corrected chi connectivity index (χ4v) is 1.51. The molecule has 0 saturated carbocycles. The van der Waals surface area contributed by atoms with E-state index >= 15 is 0 Å². The zero-order valence-corrected chi connectivity index (χ0v) is 10.9. The van der Waals surface area contributed by atoms with Gasteiger partial charge in [-0.1, -0.05) is 12.2 Å². The summed E-state index contributed by atoms with van der Waals surface area (Å²) in [5, 5.41) is 13.4. The molecule has 0 atom stereocenters. The van der Waals surface area contributed by atoms with Crippen molar-refractivity contribution >= 4 is 11.6 Å². The predicted molar refractivity (Wildman–Crippen MR) is 71.4 cm³/mol. The molecular formula is C13H16N2O4. The third-order valence-corrected chi connectivity index (χ3v) is 2.47. The third-order valence-electron chi connectivity index (χ3n) is 2.47. The molecule has 0 spiro atoms. The first-order valence-corrected chi connectivity index (χ1v) is 5.82. The zero-order chi connectivity index (χ0) is 14.3. The van der Waals surface area contributed by atoms with Gasteiger partial charge in [-0.15, -0.1) is 0 Å². The van der Waals surface area contributed by atoms with Crippen LogP contribution in [-0.4, -0.2) is 24.5 Å². The fourth-order valence-electron chi connectivity index (χ4n) is 1.51. The van der Waals surface area contributed by atoms with E-state index < -0.39 is 4.92 Å². The smallest absolute Gasteiger partial charge is 0.310 e. The standard InChI is InChI=1S/C13H16N2O4/c1-3-4-5-8-14-13(16)10-6-7-11(15(17)18)12(9-10)19-2/h3-4,6-7,9H,5,8H2,1-2H3,(H,14,16)/b4-3+. The van der Waals surface area contributed by atoms with Crippen molar-refractivity contribution in [2.75, 3.05) is 13.7 Å². The number of hydrogen-bond donors (Lipinski definition) is 1. The second-order valence-corrected chi connectivity index (χ2v) is 3.76. The van der Waals surface area contributed by atoms with Crippen LogP contribution in [0.25, 0.3) is 0 Å². The van der Waals surface area contributed by atoms with Crippen molar-refractivity contribution in [3.05, 3.63) is 46.0 Å². The molecule has 6 nitrogen and oxygen atoms in total. The second kappa shape index (κ2) is 7.15. The number of ether oxygens (including phenoxy) is 1. The minimum Gasteiger partial charge on any atom is -0.490 e. The van der Waals surface area contributed by atoms with Crippen LogP contribution in [0.1, 0.15) is 23.7 Å². The van der Waals surface area contributed by atoms with E-state index in [1.165, 1.54) is 25.3 Å². The zero-order valence-electron chi connectivity index (χ0n) is 10.9. The first-order valence-electron chi connectivity index (χ1n) is 5.82. The summed E-state index contributed by atoms with van der Waals surface area (Å²) in [6.07, 6.45) is 4.59. The highest BCUT2D eigenvalue weighted by atomic mass is 16.6. The molecule has 0 radical (unpaired) electrons. The average molecular weight is 264 g/mol. The van der Waals surface area contributed by atoms with Crippen molar-refractivity contribution in [1.29, 1.82) is 0 Å². The lowest BCUT2D eigenvalue weighted by Gasteiger charge is -2.06. The monoisotopic (exact) mass is 264 g/mol. The van der Waals surface area contributed by atoms with E-state index in [2.05, 4.69) is 5.32 Å². The van der Waals surface area contributed by atoms with Gasteiger partial charge < -0.3 is 10.1 Å². The molecule has 1 rings (SSSR count). The molecule has 102 valence electrons. The molecule has 1 aromatic carbocycles. The Hall–Kier alpha value is -2.37. The lowest BCUT2D eigenvalue weighted by atomic mass is 10.1. The Bertz CT molecular complexity index is 497. The van der Waals surface area contributed by atoms with E-state index in [9.17, 15) is 14.9 Å². The third kappa shape index (κ3) is 4.09. The molecule has 0 heterocycles. The Labute approximate surface area is 111 Å². The summed E-state index contributed by atoms with van der Waals surface area (Å²) in [7, 11) is 1.33. The molecule has 0 aliphatic carbocycles. The summed E-state index contributed by atoms with van der Waals surface area (Å²) in [6, 6.07) is 4.04. The summed E-state index contributed by atoms with van der Waals surface area (Å²) in [4.78, 5) is 22.0. The average Bonchev–Trinajstić information content (AvgIpc) is 2.42. The molecule has 0 aliphatic rings. The lowest BCUT2D eigenvalue weighted by molar-refractivity contribution is -0.385. The Morgan fingerprint density at radius 2 is 2.26 bits per heavy atom. The number of methoxy groups -OCH3 is 1. The van der Waals surface area contributed by atoms with Crippen LogP contribution in [0.3, 0.4) is 0 Å². The Morgan fingerprint density at radius 1 is 1.53 bits per heavy atom. The molecule has 0 bridgehead atoms. The van der Waals surface area contributed by atoms with Crippen molar-refractivity contribution in [3.8, 4) is 5.75 Å². The summed E-state index contributed by atoms with van der Waals surface area (Å²) in [5.41, 5.74) is 0.177. The highest BCUT2D eigenvalue weighted by Crippen LogP contribution is 2.27. The molecule has 1 aromatic rings. The molecule has 6 heteroatoms. The van der Waals surface area contributed by atoms with E-state index in [0.717, 1.165) is 6.42 Å². The Kier molecular flexibility index (Phi) is 5.53. The highest BCUT2D eigenvalue weighted by Gasteiger charge is 2.17. The van der Waals surface area contributed by atoms with Gasteiger partial charge in [0.25, 0.3) is 5.91 Å². The highest BCUT2D eigenvalue weighted by molar-refractivity contribution is 5.95. The number of nitro benzene ring substituents is 1. The predicted octanol–water partition coefficient (Wildman–Crippen LogP) is 2.30. The quantitative estimate of drug-likeness (QED) is 0.370. The van der Waals surface area contributed by atoms with E-state index in [-0.39, 0.29) is 17.3 Å². The minimum absolute atomic E-state index is 0.0751. The van der Waals surface area contributed by atoms with Crippen molar-refractivity contribution < 1.29 is 14.5 Å². The summed E-state index contributed by atoms with van der Waals surface area (Å²) in [6.45, 7) is 2.42. The van der Waals surface area contributed by atoms with Gasteiger partial charge >= 0.3 is 5.69 Å². The Morgan fingerprint density at radius 3 is 2.84 bits per heavy atom. The molecule has 0 saturated heterocycles. The number of rotatable bonds is 6. The molecular weight excluding hydrogens is 248 g/mol. The topological polar surface area (TPSA) is 81.5 Å². The number of nitro groups is 1. The number of carbonyl (C=O) groups excluding carboxylic acids is 1. The number of benzene rings is 1. The first-order chi connectivity index (χ1) is 9.10. The molecule has 1 amide bonds. The van der Waals surface area contributed by atoms with Crippen LogP contribution >= 0.6 is 0 Å². The Balaban J connectivity index is 2.78. The van der Waals surface area contributed by atoms with Crippen LogP contribution < -0.4 is 10.1 Å². The summed E-state index contributed by atoms with van der Waals surface area (Å²) in [5.74, 6) is -0.205. The first kappa shape index (κ1) is 14.7. The van der Waals surface area contributed by atoms with Crippen LogP contribution in [0.5, 0.6) is 5.75 Å². The molecule has 19 heavy (non-hydrogen) atoms. The largest absolute Gasteiger partial charge is 0.490 e. The van der Waals surface area contributed by atoms with Gasteiger partial charge in [0.05, 0.1) is 12.0 Å². The molecule has 0 unspecified atom stereocenters. The maximum absolute atomic E-state index is 11.8. The van der Waals surface area contributed by atoms with Crippen molar-refractivity contribution in [2.24, 2.45) is 0 Å². The van der Waals surface area contributed by atoms with Gasteiger partial charge in [0, 0.05) is 24.2 Å². The van der Waals surface area contributed by atoms with E-state index in [1.807, 2.05) is 19.1 Å². The molecule has 1 N–H and O–H groups in total. The maximum Gasteiger partial charge on any atom is 0.310 e. The maximum atomic E-state index is 11.8. The number of carbonyl (C=O) groups is 1. The molecule has 0 aliphatic heterocycles. The van der Waals surface area contributed by atoms with E-state index in [1.54, 1.807) is 0 Å². The van der Waals surface area contributed by atoms with Crippen molar-refractivity contribution in [1.82, 2.24) is 5.32 Å². The van der Waals surface area contributed by atoms with Gasteiger partial charge in [0.1, 0.15) is 0 Å². The van der Waals surface area contributed by atoms with E-state index in [4.69, 9.17) is 4.74 Å². The minimum atomic E-state index is -0.549. The lowest BCUT2D eigenvalue weighted by Crippen LogP contribution is -2.24. The molecule has 0 aromatic heterocycles. The number of hydrogen-bond acceptors (Lipinski definition) is 4. The number of allylic oxidation sites excluding steroid dienone is 1. The van der Waals surface area contributed by atoms with Gasteiger partial charge in [-0.3, -0.25) is 14.9 Å². The number of amides is 1. The second-order valence-electron chi connectivity index (χ2n) is 3.76. The van der Waals surface area contributed by atoms with Gasteiger partial charge in [-0.2, -0.15) is 0 Å². The summed E-state index contributed by atoms with van der Waals surface area (Å²) < 4.78 is 4.91. The van der Waals surface area contributed by atoms with Crippen LogP contribution in [0.4, 0.5) is 5.69 Å². The van der Waals surface area contributed by atoms with Crippen LogP contribution in [0.2, 0.25) is 0 Å². The molecule has 0 fully saturated rings. The fraction of sp³-hybridized carbons (Fsp3) is 0.308. The van der Waals surface area contributed by atoms with Crippen LogP contribution in [0, 0.1) is 10.1 Å². The normalized spacial score (nSPS) is 10.4. The van der Waals surface area contributed by atoms with E-state index in [0.29, 0.717) is 12.1 Å². The SMILES string of the molecule is C/C=C/CCNC(=O)c1ccc([N+](=O)[O-])c(OC)c1. The van der Waals surface area contributed by atoms with Gasteiger partial charge in [0.15, 0.2) is 5.75 Å². The number of nitrogens with one attached hydrogen (secondary N) is 1. The number of nitrogens with zero attached hydrogens (tertiary/aromatic N) is 1. The van der Waals surface area contributed by atoms with Crippen LogP contribution in [0.15, 0.2) is 30.4 Å². The van der Waals surface area contributed by atoms with Gasteiger partial charge in [-0.25, -0.2) is 0 Å².